The van der Waals surface area contributed by atoms with E-state index >= 15 is 0 Å². The van der Waals surface area contributed by atoms with Crippen LogP contribution in [0, 0.1) is 0 Å². The summed E-state index contributed by atoms with van der Waals surface area (Å²) in [6.45, 7) is 0.533. The van der Waals surface area contributed by atoms with Crippen molar-refractivity contribution in [3.63, 3.8) is 0 Å². The van der Waals surface area contributed by atoms with Crippen LogP contribution in [0.25, 0.3) is 0 Å². The molecule has 0 saturated heterocycles. The van der Waals surface area contributed by atoms with Gasteiger partial charge < -0.3 is 10.2 Å². The fourth-order valence-corrected chi connectivity index (χ4v) is 5.47. The third-order valence-corrected chi connectivity index (χ3v) is 7.29. The summed E-state index contributed by atoms with van der Waals surface area (Å²) in [5, 5.41) is 3.05. The molecule has 0 spiro atoms. The third-order valence-electron chi connectivity index (χ3n) is 5.74. The number of nitrogens with zero attached hydrogens (tertiary/aromatic N) is 2. The molecule has 0 aliphatic carbocycles. The minimum Gasteiger partial charge on any atom is -0.378 e. The number of carbonyl (C=O) groups excluding carboxylic acids is 1. The van der Waals surface area contributed by atoms with Gasteiger partial charge >= 0.3 is 0 Å². The number of nitrogens with one attached hydrogen (secondary N) is 1. The Bertz CT molecular complexity index is 1100. The summed E-state index contributed by atoms with van der Waals surface area (Å²) in [5.74, 6) is 0.576. The highest BCUT2D eigenvalue weighted by Crippen LogP contribution is 2.48. The molecule has 5 heteroatoms. The van der Waals surface area contributed by atoms with Crippen molar-refractivity contribution in [1.29, 1.82) is 0 Å². The van der Waals surface area contributed by atoms with Crippen molar-refractivity contribution >= 4 is 23.4 Å². The van der Waals surface area contributed by atoms with E-state index in [1.165, 1.54) is 16.7 Å². The van der Waals surface area contributed by atoms with Gasteiger partial charge in [0.2, 0.25) is 0 Å². The second kappa shape index (κ2) is 11.0. The SMILES string of the molecule is CN(C)c1ccnc(C(=O)NCCSC(c2ccccc2)(c2ccccc2)c2ccccc2)c1. The Hall–Kier alpha value is -3.57. The maximum Gasteiger partial charge on any atom is 0.269 e. The van der Waals surface area contributed by atoms with Crippen molar-refractivity contribution < 1.29 is 4.79 Å². The summed E-state index contributed by atoms with van der Waals surface area (Å²) in [6, 6.07) is 35.4. The molecule has 172 valence electrons. The van der Waals surface area contributed by atoms with E-state index in [0.717, 1.165) is 11.4 Å². The molecule has 0 fully saturated rings. The van der Waals surface area contributed by atoms with E-state index in [1.54, 1.807) is 6.20 Å². The molecule has 1 amide bonds. The number of pyridine rings is 1. The molecule has 4 nitrogen and oxygen atoms in total. The summed E-state index contributed by atoms with van der Waals surface area (Å²) in [7, 11) is 3.90. The van der Waals surface area contributed by atoms with E-state index in [2.05, 4.69) is 83.1 Å². The van der Waals surface area contributed by atoms with E-state index in [4.69, 9.17) is 0 Å². The van der Waals surface area contributed by atoms with E-state index in [1.807, 2.05) is 61.1 Å². The molecule has 4 aromatic rings. The Kier molecular flexibility index (Phi) is 7.65. The molecule has 0 bridgehead atoms. The van der Waals surface area contributed by atoms with Gasteiger partial charge in [-0.1, -0.05) is 91.0 Å². The molecule has 0 aliphatic heterocycles. The number of hydrogen-bond donors (Lipinski definition) is 1. The normalized spacial score (nSPS) is 11.1. The van der Waals surface area contributed by atoms with Crippen LogP contribution in [0.4, 0.5) is 5.69 Å². The predicted molar refractivity (Wildman–Crippen MR) is 143 cm³/mol. The fourth-order valence-electron chi connectivity index (χ4n) is 4.05. The van der Waals surface area contributed by atoms with Crippen molar-refractivity contribution in [3.05, 3.63) is 132 Å². The lowest BCUT2D eigenvalue weighted by atomic mass is 9.84. The largest absolute Gasteiger partial charge is 0.378 e. The van der Waals surface area contributed by atoms with Crippen LogP contribution in [0.15, 0.2) is 109 Å². The lowest BCUT2D eigenvalue weighted by molar-refractivity contribution is 0.0951. The first-order valence-corrected chi connectivity index (χ1v) is 12.3. The Morgan fingerprint density at radius 1 is 0.824 bits per heavy atom. The predicted octanol–water partition coefficient (Wildman–Crippen LogP) is 5.60. The topological polar surface area (TPSA) is 45.2 Å². The van der Waals surface area contributed by atoms with Crippen molar-refractivity contribution in [2.75, 3.05) is 31.3 Å². The van der Waals surface area contributed by atoms with Gasteiger partial charge in [-0.3, -0.25) is 9.78 Å². The molecule has 1 heterocycles. The van der Waals surface area contributed by atoms with Crippen LogP contribution >= 0.6 is 11.8 Å². The van der Waals surface area contributed by atoms with E-state index < -0.39 is 4.75 Å². The van der Waals surface area contributed by atoms with Gasteiger partial charge in [0, 0.05) is 38.3 Å². The third kappa shape index (κ3) is 5.15. The van der Waals surface area contributed by atoms with Crippen molar-refractivity contribution in [2.45, 2.75) is 4.75 Å². The number of amides is 1. The highest BCUT2D eigenvalue weighted by molar-refractivity contribution is 8.00. The van der Waals surface area contributed by atoms with Gasteiger partial charge in [0.25, 0.3) is 5.91 Å². The lowest BCUT2D eigenvalue weighted by Gasteiger charge is -2.35. The number of hydrogen-bond acceptors (Lipinski definition) is 4. The Morgan fingerprint density at radius 2 is 1.32 bits per heavy atom. The zero-order chi connectivity index (χ0) is 23.8. The maximum absolute atomic E-state index is 12.8. The monoisotopic (exact) mass is 467 g/mol. The van der Waals surface area contributed by atoms with Gasteiger partial charge in [-0.15, -0.1) is 11.8 Å². The van der Waals surface area contributed by atoms with Gasteiger partial charge in [0.1, 0.15) is 5.69 Å². The van der Waals surface area contributed by atoms with Crippen LogP contribution in [0.2, 0.25) is 0 Å². The molecule has 0 unspecified atom stereocenters. The second-order valence-corrected chi connectivity index (χ2v) is 9.49. The zero-order valence-electron chi connectivity index (χ0n) is 19.5. The van der Waals surface area contributed by atoms with Crippen LogP contribution in [0.5, 0.6) is 0 Å². The van der Waals surface area contributed by atoms with E-state index in [9.17, 15) is 4.79 Å². The summed E-state index contributed by atoms with van der Waals surface area (Å²) >= 11 is 1.83. The second-order valence-electron chi connectivity index (χ2n) is 8.18. The minimum absolute atomic E-state index is 0.158. The summed E-state index contributed by atoms with van der Waals surface area (Å²) in [4.78, 5) is 19.0. The molecular weight excluding hydrogens is 438 g/mol. The van der Waals surface area contributed by atoms with Crippen LogP contribution < -0.4 is 10.2 Å². The van der Waals surface area contributed by atoms with Crippen molar-refractivity contribution in [2.24, 2.45) is 0 Å². The number of thioether (sulfide) groups is 1. The fraction of sp³-hybridized carbons (Fsp3) is 0.172. The van der Waals surface area contributed by atoms with Gasteiger partial charge in [-0.05, 0) is 28.8 Å². The van der Waals surface area contributed by atoms with Gasteiger partial charge in [0.15, 0.2) is 0 Å². The van der Waals surface area contributed by atoms with Crippen LogP contribution in [-0.4, -0.2) is 37.3 Å². The smallest absolute Gasteiger partial charge is 0.269 e. The highest BCUT2D eigenvalue weighted by atomic mass is 32.2. The van der Waals surface area contributed by atoms with Crippen LogP contribution in [-0.2, 0) is 4.75 Å². The molecule has 4 rings (SSSR count). The summed E-state index contributed by atoms with van der Waals surface area (Å²) in [5.41, 5.74) is 5.01. The van der Waals surface area contributed by atoms with Gasteiger partial charge in [-0.25, -0.2) is 0 Å². The highest BCUT2D eigenvalue weighted by Gasteiger charge is 2.36. The van der Waals surface area contributed by atoms with Crippen LogP contribution in [0.1, 0.15) is 27.2 Å². The molecule has 1 aromatic heterocycles. The van der Waals surface area contributed by atoms with Crippen molar-refractivity contribution in [1.82, 2.24) is 10.3 Å². The first-order valence-electron chi connectivity index (χ1n) is 11.3. The Morgan fingerprint density at radius 3 is 1.79 bits per heavy atom. The molecule has 3 aromatic carbocycles. The minimum atomic E-state index is -0.391. The molecule has 0 radical (unpaired) electrons. The van der Waals surface area contributed by atoms with Crippen LogP contribution in [0.3, 0.4) is 0 Å². The first kappa shape index (κ1) is 23.6. The van der Waals surface area contributed by atoms with E-state index in [-0.39, 0.29) is 5.91 Å². The molecular formula is C29H29N3OS. The van der Waals surface area contributed by atoms with Crippen molar-refractivity contribution in [3.8, 4) is 0 Å². The standard InChI is InChI=1S/C29H29N3OS/c1-32(2)26-18-19-30-27(22-26)28(33)31-20-21-34-29(23-12-6-3-7-13-23,24-14-8-4-9-15-24)25-16-10-5-11-17-25/h3-19,22H,20-21H2,1-2H3,(H,31,33). The average molecular weight is 468 g/mol. The first-order chi connectivity index (χ1) is 16.6. The molecule has 34 heavy (non-hydrogen) atoms. The molecule has 0 saturated carbocycles. The Labute approximate surface area is 206 Å². The molecule has 0 aliphatic rings. The summed E-state index contributed by atoms with van der Waals surface area (Å²) in [6.07, 6.45) is 1.67. The molecule has 0 atom stereocenters. The van der Waals surface area contributed by atoms with Gasteiger partial charge in [-0.2, -0.15) is 0 Å². The Balaban J connectivity index is 1.59. The number of carbonyl (C=O) groups is 1. The maximum atomic E-state index is 12.8. The van der Waals surface area contributed by atoms with Gasteiger partial charge in [0.05, 0.1) is 4.75 Å². The lowest BCUT2D eigenvalue weighted by Crippen LogP contribution is -2.30. The average Bonchev–Trinajstić information content (AvgIpc) is 2.90. The number of rotatable bonds is 9. The number of benzene rings is 3. The zero-order valence-corrected chi connectivity index (χ0v) is 20.3. The quantitative estimate of drug-likeness (QED) is 0.257. The van der Waals surface area contributed by atoms with E-state index in [0.29, 0.717) is 12.2 Å². The molecule has 1 N–H and O–H groups in total. The number of anilines is 1. The summed E-state index contributed by atoms with van der Waals surface area (Å²) < 4.78 is -0.391. The number of aromatic nitrogens is 1.